The fourth-order valence-electron chi connectivity index (χ4n) is 5.40. The Labute approximate surface area is 203 Å². The lowest BCUT2D eigenvalue weighted by Gasteiger charge is -2.20. The molecule has 34 heavy (non-hydrogen) atoms. The van der Waals surface area contributed by atoms with Gasteiger partial charge in [-0.3, -0.25) is 4.18 Å². The predicted molar refractivity (Wildman–Crippen MR) is 130 cm³/mol. The summed E-state index contributed by atoms with van der Waals surface area (Å²) < 4.78 is 32.4. The first kappa shape index (κ1) is 23.5. The van der Waals surface area contributed by atoms with E-state index >= 15 is 0 Å². The van der Waals surface area contributed by atoms with Crippen LogP contribution in [-0.4, -0.2) is 47.3 Å². The molecule has 3 N–H and O–H groups in total. The summed E-state index contributed by atoms with van der Waals surface area (Å²) in [6.45, 7) is 4.44. The lowest BCUT2D eigenvalue weighted by Crippen LogP contribution is -2.40. The van der Waals surface area contributed by atoms with Crippen molar-refractivity contribution in [1.29, 1.82) is 0 Å². The maximum Gasteiger partial charge on any atom is 0.335 e. The minimum atomic E-state index is -3.89. The smallest absolute Gasteiger partial charge is 0.335 e. The minimum Gasteiger partial charge on any atom is -0.391 e. The van der Waals surface area contributed by atoms with Crippen LogP contribution < -0.4 is 10.0 Å². The summed E-state index contributed by atoms with van der Waals surface area (Å²) >= 11 is 6.26. The van der Waals surface area contributed by atoms with Gasteiger partial charge in [0.2, 0.25) is 0 Å². The van der Waals surface area contributed by atoms with E-state index < -0.39 is 22.4 Å². The average molecular weight is 506 g/mol. The van der Waals surface area contributed by atoms with Crippen LogP contribution >= 0.6 is 11.6 Å². The van der Waals surface area contributed by atoms with E-state index in [1.54, 1.807) is 0 Å². The highest BCUT2D eigenvalue weighted by atomic mass is 35.5. The van der Waals surface area contributed by atoms with E-state index in [9.17, 15) is 13.5 Å². The number of nitrogens with one attached hydrogen (secondary N) is 2. The van der Waals surface area contributed by atoms with Crippen molar-refractivity contribution in [3.05, 3.63) is 52.9 Å². The first-order valence-electron chi connectivity index (χ1n) is 11.2. The number of hydrogen-bond donors (Lipinski definition) is 3. The predicted octanol–water partition coefficient (Wildman–Crippen LogP) is 3.46. The van der Waals surface area contributed by atoms with Gasteiger partial charge in [-0.05, 0) is 54.0 Å². The van der Waals surface area contributed by atoms with E-state index in [0.717, 1.165) is 35.4 Å². The second kappa shape index (κ2) is 8.46. The minimum absolute atomic E-state index is 0.0134. The molecule has 0 amide bonds. The number of aliphatic hydroxyl groups is 1. The molecule has 0 saturated heterocycles. The Morgan fingerprint density at radius 2 is 2.03 bits per heavy atom. The first-order valence-corrected chi connectivity index (χ1v) is 13.0. The van der Waals surface area contributed by atoms with E-state index in [2.05, 4.69) is 44.1 Å². The molecule has 1 fully saturated rings. The number of rotatable bonds is 6. The molecule has 1 aromatic carbocycles. The highest BCUT2D eigenvalue weighted by Gasteiger charge is 2.38. The number of nitrogens with zero attached hydrogens (tertiary/aromatic N) is 3. The Balaban J connectivity index is 1.41. The number of fused-ring (bicyclic) bond motifs is 2. The van der Waals surface area contributed by atoms with E-state index in [4.69, 9.17) is 11.6 Å². The second-order valence-electron chi connectivity index (χ2n) is 9.74. The Morgan fingerprint density at radius 3 is 2.79 bits per heavy atom. The zero-order chi connectivity index (χ0) is 24.3. The van der Waals surface area contributed by atoms with Crippen LogP contribution in [0.1, 0.15) is 56.3 Å². The van der Waals surface area contributed by atoms with E-state index in [-0.39, 0.29) is 17.5 Å². The summed E-state index contributed by atoms with van der Waals surface area (Å²) in [5.74, 6) is 0.738. The van der Waals surface area contributed by atoms with Crippen LogP contribution in [0.5, 0.6) is 0 Å². The molecule has 0 bridgehead atoms. The summed E-state index contributed by atoms with van der Waals surface area (Å²) in [6.07, 6.45) is 4.35. The number of hydrogen-bond acceptors (Lipinski definition) is 7. The van der Waals surface area contributed by atoms with Crippen molar-refractivity contribution < 1.29 is 17.7 Å². The lowest BCUT2D eigenvalue weighted by atomic mass is 9.86. The molecule has 9 nitrogen and oxygen atoms in total. The molecule has 0 unspecified atom stereocenters. The van der Waals surface area contributed by atoms with E-state index in [1.807, 2.05) is 29.0 Å². The maximum atomic E-state index is 11.8. The Bertz CT molecular complexity index is 1340. The largest absolute Gasteiger partial charge is 0.391 e. The van der Waals surface area contributed by atoms with Crippen LogP contribution in [0.25, 0.3) is 11.0 Å². The normalized spacial score (nSPS) is 26.1. The molecule has 2 aliphatic rings. The second-order valence-corrected chi connectivity index (χ2v) is 11.7. The van der Waals surface area contributed by atoms with Gasteiger partial charge in [-0.15, -0.1) is 0 Å². The van der Waals surface area contributed by atoms with Crippen molar-refractivity contribution in [3.8, 4) is 0 Å². The van der Waals surface area contributed by atoms with Gasteiger partial charge in [0.25, 0.3) is 0 Å². The zero-order valence-electron chi connectivity index (χ0n) is 19.2. The molecule has 11 heteroatoms. The SMILES string of the molecule is COS(=O)(=O)N[C@H]1C[C@@H](n2ccc3c(N[C@H]4CC(C)(C)c5cc(Cl)ccc54)ncnc32)C[C@@H]1O. The van der Waals surface area contributed by atoms with Gasteiger partial charge in [0.1, 0.15) is 17.8 Å². The third-order valence-electron chi connectivity index (χ3n) is 7.07. The lowest BCUT2D eigenvalue weighted by molar-refractivity contribution is 0.154. The summed E-state index contributed by atoms with van der Waals surface area (Å²) in [6, 6.07) is 7.34. The van der Waals surface area contributed by atoms with Gasteiger partial charge in [0.15, 0.2) is 0 Å². The highest BCUT2D eigenvalue weighted by Crippen LogP contribution is 2.47. The average Bonchev–Trinajstić information content (AvgIpc) is 3.43. The first-order chi connectivity index (χ1) is 16.1. The number of aromatic nitrogens is 3. The van der Waals surface area contributed by atoms with Crippen LogP contribution in [0.3, 0.4) is 0 Å². The molecule has 3 aromatic rings. The van der Waals surface area contributed by atoms with Gasteiger partial charge in [0, 0.05) is 17.3 Å². The number of anilines is 1. The Kier molecular flexibility index (Phi) is 5.84. The van der Waals surface area contributed by atoms with Crippen LogP contribution in [-0.2, 0) is 19.9 Å². The maximum absolute atomic E-state index is 11.8. The molecule has 1 saturated carbocycles. The molecule has 182 valence electrons. The molecular weight excluding hydrogens is 478 g/mol. The van der Waals surface area contributed by atoms with Crippen LogP contribution in [0, 0.1) is 0 Å². The molecule has 0 aliphatic heterocycles. The molecule has 0 spiro atoms. The van der Waals surface area contributed by atoms with Crippen molar-refractivity contribution in [2.45, 2.75) is 62.8 Å². The van der Waals surface area contributed by atoms with Crippen LogP contribution in [0.2, 0.25) is 5.02 Å². The van der Waals surface area contributed by atoms with Gasteiger partial charge in [-0.1, -0.05) is 31.5 Å². The fraction of sp³-hybridized carbons (Fsp3) is 0.478. The number of aliphatic hydroxyl groups excluding tert-OH is 1. The molecule has 2 aliphatic carbocycles. The summed E-state index contributed by atoms with van der Waals surface area (Å²) in [5.41, 5.74) is 3.18. The van der Waals surface area contributed by atoms with Crippen molar-refractivity contribution in [2.24, 2.45) is 0 Å². The summed E-state index contributed by atoms with van der Waals surface area (Å²) in [7, 11) is -2.80. The standard InChI is InChI=1S/C23H28ClN5O4S/c1-23(2)11-19(15-5-4-13(24)8-17(15)23)27-21-16-6-7-29(22(16)26-12-25-21)14-9-18(20(30)10-14)28-34(31,32)33-3/h4-8,12,14,18-20,28,30H,9-11H2,1-3H3,(H,25,26,27)/t14-,18+,19+,20+/m1/s1. The monoisotopic (exact) mass is 505 g/mol. The van der Waals surface area contributed by atoms with E-state index in [0.29, 0.717) is 12.8 Å². The van der Waals surface area contributed by atoms with Crippen molar-refractivity contribution in [3.63, 3.8) is 0 Å². The quantitative estimate of drug-likeness (QED) is 0.469. The van der Waals surface area contributed by atoms with Gasteiger partial charge in [0.05, 0.1) is 30.7 Å². The summed E-state index contributed by atoms with van der Waals surface area (Å²) in [5, 5.41) is 15.7. The van der Waals surface area contributed by atoms with Crippen molar-refractivity contribution >= 4 is 38.8 Å². The Morgan fingerprint density at radius 1 is 1.24 bits per heavy atom. The third kappa shape index (κ3) is 4.18. The van der Waals surface area contributed by atoms with Gasteiger partial charge in [-0.25, -0.2) is 9.97 Å². The number of halogens is 1. The van der Waals surface area contributed by atoms with E-state index in [1.165, 1.54) is 17.5 Å². The van der Waals surface area contributed by atoms with Gasteiger partial charge < -0.3 is 15.0 Å². The number of benzene rings is 1. The molecule has 5 rings (SSSR count). The molecule has 2 heterocycles. The molecule has 0 radical (unpaired) electrons. The van der Waals surface area contributed by atoms with Crippen molar-refractivity contribution in [2.75, 3.05) is 12.4 Å². The Hall–Kier alpha value is -2.24. The molecule has 4 atom stereocenters. The van der Waals surface area contributed by atoms with Crippen molar-refractivity contribution in [1.82, 2.24) is 19.3 Å². The third-order valence-corrected chi connectivity index (χ3v) is 8.33. The highest BCUT2D eigenvalue weighted by molar-refractivity contribution is 7.84. The molecular formula is C23H28ClN5O4S. The molecule has 2 aromatic heterocycles. The topological polar surface area (TPSA) is 118 Å². The van der Waals surface area contributed by atoms with Gasteiger partial charge >= 0.3 is 10.3 Å². The van der Waals surface area contributed by atoms with Crippen LogP contribution in [0.4, 0.5) is 5.82 Å². The zero-order valence-corrected chi connectivity index (χ0v) is 20.8. The van der Waals surface area contributed by atoms with Crippen LogP contribution in [0.15, 0.2) is 36.8 Å². The summed E-state index contributed by atoms with van der Waals surface area (Å²) in [4.78, 5) is 9.01. The fourth-order valence-corrected chi connectivity index (χ4v) is 6.29. The van der Waals surface area contributed by atoms with Gasteiger partial charge in [-0.2, -0.15) is 13.1 Å².